The number of hydrogen-bond donors (Lipinski definition) is 3. The Kier molecular flexibility index (Phi) is 6.84. The van der Waals surface area contributed by atoms with Gasteiger partial charge >= 0.3 is 0 Å². The molecule has 0 aromatic heterocycles. The number of carbonyl (C=O) groups is 3. The number of benzene rings is 2. The Balaban J connectivity index is 1.38. The van der Waals surface area contributed by atoms with Crippen LogP contribution in [-0.2, 0) is 9.59 Å². The Labute approximate surface area is 169 Å². The SMILES string of the molecule is Cc1cccc(OCC(=O)Nc2ccc(C(=O)NCCNC(=O)C3CC3)cc2)c1. The Morgan fingerprint density at radius 2 is 1.72 bits per heavy atom. The van der Waals surface area contributed by atoms with Gasteiger partial charge in [0.05, 0.1) is 0 Å². The summed E-state index contributed by atoms with van der Waals surface area (Å²) in [6.07, 6.45) is 1.91. The van der Waals surface area contributed by atoms with Crippen LogP contribution in [0.5, 0.6) is 5.75 Å². The fourth-order valence-corrected chi connectivity index (χ4v) is 2.71. The molecule has 2 aromatic rings. The van der Waals surface area contributed by atoms with Gasteiger partial charge in [0.2, 0.25) is 5.91 Å². The van der Waals surface area contributed by atoms with Gasteiger partial charge in [-0.2, -0.15) is 0 Å². The Bertz CT molecular complexity index is 876. The smallest absolute Gasteiger partial charge is 0.262 e. The molecule has 1 saturated carbocycles. The molecule has 152 valence electrons. The topological polar surface area (TPSA) is 96.5 Å². The molecule has 0 bridgehead atoms. The van der Waals surface area contributed by atoms with Crippen LogP contribution in [0.4, 0.5) is 5.69 Å². The van der Waals surface area contributed by atoms with Crippen molar-refractivity contribution in [2.24, 2.45) is 5.92 Å². The molecule has 0 spiro atoms. The average molecular weight is 395 g/mol. The van der Waals surface area contributed by atoms with E-state index < -0.39 is 0 Å². The van der Waals surface area contributed by atoms with Crippen molar-refractivity contribution >= 4 is 23.4 Å². The van der Waals surface area contributed by atoms with Gasteiger partial charge in [-0.1, -0.05) is 12.1 Å². The van der Waals surface area contributed by atoms with Gasteiger partial charge < -0.3 is 20.7 Å². The summed E-state index contributed by atoms with van der Waals surface area (Å²) in [6.45, 7) is 2.63. The maximum Gasteiger partial charge on any atom is 0.262 e. The van der Waals surface area contributed by atoms with Crippen molar-refractivity contribution < 1.29 is 19.1 Å². The van der Waals surface area contributed by atoms with E-state index in [-0.39, 0.29) is 30.2 Å². The van der Waals surface area contributed by atoms with Crippen LogP contribution < -0.4 is 20.7 Å². The lowest BCUT2D eigenvalue weighted by molar-refractivity contribution is -0.122. The highest BCUT2D eigenvalue weighted by atomic mass is 16.5. The number of rotatable bonds is 9. The fourth-order valence-electron chi connectivity index (χ4n) is 2.71. The molecule has 3 rings (SSSR count). The Hall–Kier alpha value is -3.35. The summed E-state index contributed by atoms with van der Waals surface area (Å²) in [6, 6.07) is 14.1. The van der Waals surface area contributed by atoms with E-state index in [9.17, 15) is 14.4 Å². The van der Waals surface area contributed by atoms with Crippen LogP contribution in [0.2, 0.25) is 0 Å². The van der Waals surface area contributed by atoms with Crippen molar-refractivity contribution in [2.45, 2.75) is 19.8 Å². The largest absolute Gasteiger partial charge is 0.484 e. The highest BCUT2D eigenvalue weighted by molar-refractivity contribution is 5.96. The van der Waals surface area contributed by atoms with E-state index in [1.54, 1.807) is 30.3 Å². The average Bonchev–Trinajstić information content (AvgIpc) is 3.55. The first-order valence-corrected chi connectivity index (χ1v) is 9.66. The highest BCUT2D eigenvalue weighted by Gasteiger charge is 2.28. The summed E-state index contributed by atoms with van der Waals surface area (Å²) < 4.78 is 5.47. The van der Waals surface area contributed by atoms with Crippen LogP contribution in [0, 0.1) is 12.8 Å². The van der Waals surface area contributed by atoms with E-state index in [0.29, 0.717) is 30.1 Å². The van der Waals surface area contributed by atoms with Crippen molar-refractivity contribution in [1.82, 2.24) is 10.6 Å². The molecule has 0 atom stereocenters. The van der Waals surface area contributed by atoms with Crippen LogP contribution >= 0.6 is 0 Å². The first kappa shape index (κ1) is 20.4. The van der Waals surface area contributed by atoms with Crippen molar-refractivity contribution in [3.63, 3.8) is 0 Å². The van der Waals surface area contributed by atoms with Gasteiger partial charge in [-0.3, -0.25) is 14.4 Å². The second-order valence-corrected chi connectivity index (χ2v) is 7.05. The number of hydrogen-bond acceptors (Lipinski definition) is 4. The van der Waals surface area contributed by atoms with Gasteiger partial charge in [-0.15, -0.1) is 0 Å². The molecule has 0 unspecified atom stereocenters. The summed E-state index contributed by atoms with van der Waals surface area (Å²) in [7, 11) is 0. The predicted octanol–water partition coefficient (Wildman–Crippen LogP) is 2.27. The van der Waals surface area contributed by atoms with Gasteiger partial charge in [0.15, 0.2) is 6.61 Å². The zero-order chi connectivity index (χ0) is 20.6. The zero-order valence-electron chi connectivity index (χ0n) is 16.4. The monoisotopic (exact) mass is 395 g/mol. The summed E-state index contributed by atoms with van der Waals surface area (Å²) in [5.74, 6) is 0.350. The van der Waals surface area contributed by atoms with E-state index in [1.165, 1.54) is 0 Å². The normalized spacial score (nSPS) is 12.7. The molecule has 0 aliphatic heterocycles. The van der Waals surface area contributed by atoms with Crippen LogP contribution in [0.15, 0.2) is 48.5 Å². The van der Waals surface area contributed by atoms with Gasteiger partial charge in [0.25, 0.3) is 11.8 Å². The molecule has 2 aromatic carbocycles. The van der Waals surface area contributed by atoms with Crippen molar-refractivity contribution in [1.29, 1.82) is 0 Å². The third-order valence-corrected chi connectivity index (χ3v) is 4.45. The molecule has 29 heavy (non-hydrogen) atoms. The zero-order valence-corrected chi connectivity index (χ0v) is 16.4. The molecule has 7 nitrogen and oxygen atoms in total. The minimum atomic E-state index is -0.282. The second kappa shape index (κ2) is 9.73. The Morgan fingerprint density at radius 1 is 1.00 bits per heavy atom. The first-order chi connectivity index (χ1) is 14.0. The lowest BCUT2D eigenvalue weighted by Gasteiger charge is -2.09. The molecule has 1 fully saturated rings. The van der Waals surface area contributed by atoms with E-state index in [0.717, 1.165) is 18.4 Å². The predicted molar refractivity (Wildman–Crippen MR) is 110 cm³/mol. The van der Waals surface area contributed by atoms with E-state index in [2.05, 4.69) is 16.0 Å². The van der Waals surface area contributed by atoms with E-state index in [1.807, 2.05) is 25.1 Å². The molecule has 7 heteroatoms. The molecule has 1 aliphatic carbocycles. The maximum absolute atomic E-state index is 12.1. The number of nitrogens with one attached hydrogen (secondary N) is 3. The molecular weight excluding hydrogens is 370 g/mol. The summed E-state index contributed by atoms with van der Waals surface area (Å²) >= 11 is 0. The summed E-state index contributed by atoms with van der Waals surface area (Å²) in [4.78, 5) is 35.7. The minimum Gasteiger partial charge on any atom is -0.484 e. The number of aryl methyl sites for hydroxylation is 1. The van der Waals surface area contributed by atoms with Gasteiger partial charge in [0, 0.05) is 30.3 Å². The quantitative estimate of drug-likeness (QED) is 0.568. The fraction of sp³-hybridized carbons (Fsp3) is 0.318. The molecule has 0 saturated heterocycles. The maximum atomic E-state index is 12.1. The Morgan fingerprint density at radius 3 is 2.41 bits per heavy atom. The number of carbonyl (C=O) groups excluding carboxylic acids is 3. The van der Waals surface area contributed by atoms with Gasteiger partial charge in [0.1, 0.15) is 5.75 Å². The highest BCUT2D eigenvalue weighted by Crippen LogP contribution is 2.28. The number of amides is 3. The summed E-state index contributed by atoms with van der Waals surface area (Å²) in [5, 5.41) is 8.28. The summed E-state index contributed by atoms with van der Waals surface area (Å²) in [5.41, 5.74) is 2.12. The van der Waals surface area contributed by atoms with Crippen LogP contribution in [0.3, 0.4) is 0 Å². The number of anilines is 1. The minimum absolute atomic E-state index is 0.0609. The lowest BCUT2D eigenvalue weighted by atomic mass is 10.2. The van der Waals surface area contributed by atoms with Crippen LogP contribution in [0.1, 0.15) is 28.8 Å². The molecule has 3 N–H and O–H groups in total. The molecular formula is C22H25N3O4. The molecule has 0 heterocycles. The van der Waals surface area contributed by atoms with Crippen molar-refractivity contribution in [3.8, 4) is 5.75 Å². The number of ether oxygens (including phenoxy) is 1. The van der Waals surface area contributed by atoms with E-state index in [4.69, 9.17) is 4.74 Å². The van der Waals surface area contributed by atoms with Crippen molar-refractivity contribution in [3.05, 3.63) is 59.7 Å². The third-order valence-electron chi connectivity index (χ3n) is 4.45. The first-order valence-electron chi connectivity index (χ1n) is 9.66. The van der Waals surface area contributed by atoms with Crippen LogP contribution in [0.25, 0.3) is 0 Å². The lowest BCUT2D eigenvalue weighted by Crippen LogP contribution is -2.35. The third kappa shape index (κ3) is 6.64. The molecule has 0 radical (unpaired) electrons. The molecule has 1 aliphatic rings. The van der Waals surface area contributed by atoms with Crippen molar-refractivity contribution in [2.75, 3.05) is 25.0 Å². The van der Waals surface area contributed by atoms with Crippen LogP contribution in [-0.4, -0.2) is 37.4 Å². The van der Waals surface area contributed by atoms with Gasteiger partial charge in [-0.25, -0.2) is 0 Å². The van der Waals surface area contributed by atoms with Gasteiger partial charge in [-0.05, 0) is 61.7 Å². The standard InChI is InChI=1S/C22H25N3O4/c1-15-3-2-4-19(13-15)29-14-20(26)25-18-9-7-17(8-10-18)22(28)24-12-11-23-21(27)16-5-6-16/h2-4,7-10,13,16H,5-6,11-12,14H2,1H3,(H,23,27)(H,24,28)(H,25,26). The molecule has 3 amide bonds. The van der Waals surface area contributed by atoms with E-state index >= 15 is 0 Å². The second-order valence-electron chi connectivity index (χ2n) is 7.05.